The van der Waals surface area contributed by atoms with Crippen molar-refractivity contribution in [3.05, 3.63) is 105 Å². The number of H-pyrrole nitrogens is 1. The number of aromatic nitrogens is 2. The van der Waals surface area contributed by atoms with Gasteiger partial charge in [-0.3, -0.25) is 4.79 Å². The number of rotatable bonds is 14. The van der Waals surface area contributed by atoms with E-state index in [1.165, 1.54) is 57.9 Å². The Morgan fingerprint density at radius 3 is 1.92 bits per heavy atom. The molecule has 4 aromatic rings. The molecule has 0 atom stereocenters. The Morgan fingerprint density at radius 2 is 1.33 bits per heavy atom. The predicted octanol–water partition coefficient (Wildman–Crippen LogP) is 7.31. The van der Waals surface area contributed by atoms with Crippen molar-refractivity contribution in [3.8, 4) is 0 Å². The zero-order chi connectivity index (χ0) is 34.1. The van der Waals surface area contributed by atoms with Crippen LogP contribution < -0.4 is 9.14 Å². The molecular weight excluding hydrogens is 710 g/mol. The van der Waals surface area contributed by atoms with Crippen LogP contribution in [0.5, 0.6) is 0 Å². The first kappa shape index (κ1) is 35.8. The number of nitrogens with zero attached hydrogens (tertiary/aromatic N) is 3. The van der Waals surface area contributed by atoms with Gasteiger partial charge in [-0.2, -0.15) is 5.10 Å². The van der Waals surface area contributed by atoms with E-state index in [0.717, 1.165) is 10.9 Å². The molecule has 5 rings (SSSR count). The van der Waals surface area contributed by atoms with E-state index in [1.807, 2.05) is 24.3 Å². The Bertz CT molecular complexity index is 1740. The second-order valence-electron chi connectivity index (χ2n) is 13.3. The SMILES string of the molecule is CCC[CH2][Sn]([CH2]CCC)([CH2]CCC)[c]1ccc(C(=O)N2CCN(C(=O)c3cc(Cc4n[nH]c(=O)c5ccccc45)ccc3F)CC2)cc1. The van der Waals surface area contributed by atoms with Gasteiger partial charge in [0.05, 0.1) is 11.1 Å². The molecule has 0 aliphatic carbocycles. The van der Waals surface area contributed by atoms with E-state index in [-0.39, 0.29) is 22.9 Å². The average molecular weight is 760 g/mol. The molecule has 0 radical (unpaired) electrons. The van der Waals surface area contributed by atoms with E-state index in [4.69, 9.17) is 0 Å². The third kappa shape index (κ3) is 8.18. The molecule has 0 bridgehead atoms. The summed E-state index contributed by atoms with van der Waals surface area (Å²) in [5.41, 5.74) is 1.79. The Labute approximate surface area is 287 Å². The normalized spacial score (nSPS) is 13.7. The van der Waals surface area contributed by atoms with Crippen LogP contribution in [0, 0.1) is 5.82 Å². The Balaban J connectivity index is 1.24. The van der Waals surface area contributed by atoms with Crippen molar-refractivity contribution < 1.29 is 14.0 Å². The number of amides is 2. The van der Waals surface area contributed by atoms with Gasteiger partial charge in [0.25, 0.3) is 5.56 Å². The van der Waals surface area contributed by atoms with Crippen molar-refractivity contribution in [3.63, 3.8) is 0 Å². The Kier molecular flexibility index (Phi) is 12.5. The summed E-state index contributed by atoms with van der Waals surface area (Å²) in [5.74, 6) is -0.987. The van der Waals surface area contributed by atoms with E-state index in [2.05, 4.69) is 43.1 Å². The van der Waals surface area contributed by atoms with Gasteiger partial charge in [0.2, 0.25) is 0 Å². The maximum absolute atomic E-state index is 15.0. The van der Waals surface area contributed by atoms with Crippen molar-refractivity contribution in [1.82, 2.24) is 20.0 Å². The summed E-state index contributed by atoms with van der Waals surface area (Å²) in [6.07, 6.45) is 7.91. The molecule has 1 saturated heterocycles. The average Bonchev–Trinajstić information content (AvgIpc) is 3.13. The number of carbonyl (C=O) groups excluding carboxylic acids is 2. The number of unbranched alkanes of at least 4 members (excludes halogenated alkanes) is 3. The summed E-state index contributed by atoms with van der Waals surface area (Å²) in [7, 11) is 0. The van der Waals surface area contributed by atoms with Gasteiger partial charge >= 0.3 is 199 Å². The van der Waals surface area contributed by atoms with E-state index in [1.54, 1.807) is 37.6 Å². The minimum atomic E-state index is -2.57. The molecular formula is C39H49FN4O3Sn. The van der Waals surface area contributed by atoms with Crippen LogP contribution in [0.25, 0.3) is 10.8 Å². The molecule has 1 aliphatic heterocycles. The van der Waals surface area contributed by atoms with Crippen molar-refractivity contribution in [1.29, 1.82) is 0 Å². The molecule has 9 heteroatoms. The van der Waals surface area contributed by atoms with Gasteiger partial charge in [0.1, 0.15) is 0 Å². The fourth-order valence-electron chi connectivity index (χ4n) is 7.13. The van der Waals surface area contributed by atoms with Gasteiger partial charge in [0.15, 0.2) is 0 Å². The second kappa shape index (κ2) is 16.7. The van der Waals surface area contributed by atoms with Gasteiger partial charge in [0, 0.05) is 11.8 Å². The van der Waals surface area contributed by atoms with Crippen molar-refractivity contribution >= 4 is 44.5 Å². The molecule has 1 aliphatic rings. The summed E-state index contributed by atoms with van der Waals surface area (Å²) in [5, 5.41) is 8.02. The summed E-state index contributed by atoms with van der Waals surface area (Å²) >= 11 is -2.57. The number of fused-ring (bicyclic) bond motifs is 1. The van der Waals surface area contributed by atoms with E-state index in [9.17, 15) is 18.8 Å². The standard InChI is InChI=1S/C27H22FN4O3.3C4H9.Sn/c28-23-11-10-18(17-24-20-8-4-5-9-21(20)25(33)30-29-24)16-22(23)27(35)32-14-12-31(13-15-32)26(34)19-6-2-1-3-7-19;3*1-3-4-2;/h2-11,16H,12-15,17H2,(H,30,33);3*1,3-4H2,2H3;. The van der Waals surface area contributed by atoms with Crippen LogP contribution in [0.1, 0.15) is 91.3 Å². The topological polar surface area (TPSA) is 86.4 Å². The van der Waals surface area contributed by atoms with Crippen molar-refractivity contribution in [2.75, 3.05) is 26.2 Å². The molecule has 0 unspecified atom stereocenters. The van der Waals surface area contributed by atoms with Crippen molar-refractivity contribution in [2.24, 2.45) is 0 Å². The summed E-state index contributed by atoms with van der Waals surface area (Å²) in [4.78, 5) is 42.7. The molecule has 3 aromatic carbocycles. The minimum absolute atomic E-state index is 0.000554. The number of halogens is 1. The number of hydrogen-bond acceptors (Lipinski definition) is 4. The fraction of sp³-hybridized carbons (Fsp3) is 0.436. The first-order chi connectivity index (χ1) is 23.3. The molecule has 0 saturated carbocycles. The molecule has 0 spiro atoms. The van der Waals surface area contributed by atoms with Gasteiger partial charge < -0.3 is 0 Å². The third-order valence-corrected chi connectivity index (χ3v) is 25.7. The number of benzene rings is 3. The molecule has 1 aromatic heterocycles. The summed E-state index contributed by atoms with van der Waals surface area (Å²) < 4.78 is 20.7. The van der Waals surface area contributed by atoms with Gasteiger partial charge in [-0.05, 0) is 17.7 Å². The van der Waals surface area contributed by atoms with E-state index < -0.39 is 24.2 Å². The van der Waals surface area contributed by atoms with Gasteiger partial charge in [-0.1, -0.05) is 24.3 Å². The first-order valence-electron chi connectivity index (χ1n) is 17.7. The van der Waals surface area contributed by atoms with Crippen LogP contribution in [-0.4, -0.2) is 76.4 Å². The van der Waals surface area contributed by atoms with Crippen LogP contribution in [0.3, 0.4) is 0 Å². The number of nitrogens with one attached hydrogen (secondary N) is 1. The molecule has 1 N–H and O–H groups in total. The Hall–Kier alpha value is -3.53. The van der Waals surface area contributed by atoms with Crippen LogP contribution in [0.4, 0.5) is 4.39 Å². The molecule has 1 fully saturated rings. The Morgan fingerprint density at radius 1 is 0.771 bits per heavy atom. The maximum atomic E-state index is 15.0. The first-order valence-corrected chi connectivity index (χ1v) is 25.2. The summed E-state index contributed by atoms with van der Waals surface area (Å²) in [6.45, 7) is 8.33. The second-order valence-corrected chi connectivity index (χ2v) is 26.5. The van der Waals surface area contributed by atoms with Gasteiger partial charge in [-0.25, -0.2) is 9.49 Å². The number of aromatic amines is 1. The van der Waals surface area contributed by atoms with Crippen LogP contribution in [0.15, 0.2) is 71.5 Å². The zero-order valence-electron chi connectivity index (χ0n) is 28.7. The molecule has 254 valence electrons. The molecule has 7 nitrogen and oxygen atoms in total. The van der Waals surface area contributed by atoms with E-state index in [0.29, 0.717) is 49.2 Å². The number of hydrogen-bond donors (Lipinski definition) is 1. The number of piperazine rings is 1. The third-order valence-electron chi connectivity index (χ3n) is 10.0. The van der Waals surface area contributed by atoms with Crippen LogP contribution in [-0.2, 0) is 6.42 Å². The van der Waals surface area contributed by atoms with Gasteiger partial charge in [-0.15, -0.1) is 0 Å². The van der Waals surface area contributed by atoms with Crippen LogP contribution in [0.2, 0.25) is 13.3 Å². The molecule has 2 amide bonds. The van der Waals surface area contributed by atoms with Crippen molar-refractivity contribution in [2.45, 2.75) is 79.0 Å². The van der Waals surface area contributed by atoms with Crippen LogP contribution >= 0.6 is 0 Å². The quantitative estimate of drug-likeness (QED) is 0.137. The predicted molar refractivity (Wildman–Crippen MR) is 194 cm³/mol. The summed E-state index contributed by atoms with van der Waals surface area (Å²) in [6, 6.07) is 20.3. The fourth-order valence-corrected chi connectivity index (χ4v) is 23.1. The number of carbonyl (C=O) groups is 2. The monoisotopic (exact) mass is 760 g/mol. The zero-order valence-corrected chi connectivity index (χ0v) is 31.5. The van der Waals surface area contributed by atoms with E-state index >= 15 is 0 Å². The molecule has 48 heavy (non-hydrogen) atoms. The molecule has 2 heterocycles.